The molecule has 138 valence electrons. The Morgan fingerprint density at radius 1 is 0.960 bits per heavy atom. The molecular weight excluding hydrogens is 312 g/mol. The second-order valence-corrected chi connectivity index (χ2v) is 7.77. The van der Waals surface area contributed by atoms with Crippen LogP contribution in [0.1, 0.15) is 62.5 Å². The number of likely N-dealkylation sites (tertiary alicyclic amines) is 1. The lowest BCUT2D eigenvalue weighted by Gasteiger charge is -2.27. The molecule has 0 radical (unpaired) electrons. The lowest BCUT2D eigenvalue weighted by Crippen LogP contribution is -2.34. The Bertz CT molecular complexity index is 527. The van der Waals surface area contributed by atoms with Gasteiger partial charge in [0.2, 0.25) is 0 Å². The summed E-state index contributed by atoms with van der Waals surface area (Å²) in [7, 11) is 0. The van der Waals surface area contributed by atoms with Gasteiger partial charge < -0.3 is 10.4 Å². The highest BCUT2D eigenvalue weighted by Crippen LogP contribution is 2.24. The molecule has 4 heteroatoms. The summed E-state index contributed by atoms with van der Waals surface area (Å²) in [5.74, 6) is -0.755. The Labute approximate surface area is 151 Å². The topological polar surface area (TPSA) is 52.6 Å². The van der Waals surface area contributed by atoms with E-state index in [0.29, 0.717) is 6.04 Å². The van der Waals surface area contributed by atoms with Gasteiger partial charge in [-0.25, -0.2) is 0 Å². The molecule has 1 saturated heterocycles. The normalized spacial score (nSPS) is 25.4. The number of benzene rings is 1. The molecule has 1 saturated carbocycles. The molecule has 0 spiro atoms. The Kier molecular flexibility index (Phi) is 6.88. The summed E-state index contributed by atoms with van der Waals surface area (Å²) in [6.07, 6.45) is 9.01. The first kappa shape index (κ1) is 18.4. The van der Waals surface area contributed by atoms with E-state index < -0.39 is 5.97 Å². The van der Waals surface area contributed by atoms with Gasteiger partial charge in [0.25, 0.3) is 0 Å². The van der Waals surface area contributed by atoms with Crippen LogP contribution in [0.2, 0.25) is 0 Å². The zero-order valence-electron chi connectivity index (χ0n) is 15.3. The number of rotatable bonds is 6. The fraction of sp³-hybridized carbons (Fsp3) is 0.667. The summed E-state index contributed by atoms with van der Waals surface area (Å²) in [5, 5.41) is 12.7. The summed E-state index contributed by atoms with van der Waals surface area (Å²) in [5.41, 5.74) is 2.73. The van der Waals surface area contributed by atoms with Crippen molar-refractivity contribution < 1.29 is 9.90 Å². The number of carbonyl (C=O) groups is 1. The van der Waals surface area contributed by atoms with Crippen LogP contribution in [0.3, 0.4) is 0 Å². The largest absolute Gasteiger partial charge is 0.481 e. The second kappa shape index (κ2) is 9.35. The van der Waals surface area contributed by atoms with E-state index in [2.05, 4.69) is 34.5 Å². The van der Waals surface area contributed by atoms with Crippen molar-refractivity contribution >= 4 is 5.97 Å². The summed E-state index contributed by atoms with van der Waals surface area (Å²) < 4.78 is 0. The van der Waals surface area contributed by atoms with E-state index in [4.69, 9.17) is 5.11 Å². The van der Waals surface area contributed by atoms with Crippen molar-refractivity contribution in [3.05, 3.63) is 35.4 Å². The molecule has 4 nitrogen and oxygen atoms in total. The van der Waals surface area contributed by atoms with Gasteiger partial charge in [0.1, 0.15) is 0 Å². The summed E-state index contributed by atoms with van der Waals surface area (Å²) in [6.45, 7) is 4.43. The van der Waals surface area contributed by atoms with Gasteiger partial charge in [-0.2, -0.15) is 0 Å². The summed E-state index contributed by atoms with van der Waals surface area (Å²) >= 11 is 0. The van der Waals surface area contributed by atoms with Crippen molar-refractivity contribution in [2.75, 3.05) is 13.1 Å². The number of carboxylic acids is 1. The van der Waals surface area contributed by atoms with E-state index in [9.17, 15) is 4.79 Å². The van der Waals surface area contributed by atoms with Crippen molar-refractivity contribution in [3.63, 3.8) is 0 Å². The number of hydrogen-bond donors (Lipinski definition) is 2. The molecule has 25 heavy (non-hydrogen) atoms. The first-order valence-corrected chi connectivity index (χ1v) is 9.97. The minimum absolute atomic E-state index is 0.128. The molecule has 1 aromatic carbocycles. The molecule has 3 rings (SSSR count). The number of hydrogen-bond acceptors (Lipinski definition) is 3. The van der Waals surface area contributed by atoms with Crippen LogP contribution in [0.15, 0.2) is 24.3 Å². The summed E-state index contributed by atoms with van der Waals surface area (Å²) in [6, 6.07) is 9.48. The van der Waals surface area contributed by atoms with Crippen LogP contribution in [-0.2, 0) is 17.9 Å². The Morgan fingerprint density at radius 3 is 2.16 bits per heavy atom. The molecule has 1 aromatic rings. The molecule has 2 fully saturated rings. The minimum atomic E-state index is -0.626. The predicted molar refractivity (Wildman–Crippen MR) is 100 cm³/mol. The van der Waals surface area contributed by atoms with Gasteiger partial charge in [-0.1, -0.05) is 37.1 Å². The number of aliphatic carboxylic acids is 1. The molecule has 1 aliphatic heterocycles. The predicted octanol–water partition coefficient (Wildman–Crippen LogP) is 3.80. The zero-order chi connectivity index (χ0) is 17.5. The maximum absolute atomic E-state index is 11.0. The molecule has 1 aliphatic carbocycles. The Morgan fingerprint density at radius 2 is 1.56 bits per heavy atom. The third-order valence-corrected chi connectivity index (χ3v) is 5.80. The van der Waals surface area contributed by atoms with Crippen LogP contribution in [0, 0.1) is 5.92 Å². The lowest BCUT2D eigenvalue weighted by molar-refractivity contribution is -0.142. The van der Waals surface area contributed by atoms with Gasteiger partial charge in [0.05, 0.1) is 5.92 Å². The van der Waals surface area contributed by atoms with E-state index >= 15 is 0 Å². The zero-order valence-corrected chi connectivity index (χ0v) is 15.3. The van der Waals surface area contributed by atoms with Crippen LogP contribution in [0.4, 0.5) is 0 Å². The molecule has 0 aromatic heterocycles. The van der Waals surface area contributed by atoms with E-state index in [1.54, 1.807) is 0 Å². The summed E-state index contributed by atoms with van der Waals surface area (Å²) in [4.78, 5) is 13.6. The van der Waals surface area contributed by atoms with Crippen LogP contribution < -0.4 is 5.32 Å². The Hall–Kier alpha value is -1.39. The number of carboxylic acid groups (broad SMARTS) is 1. The molecule has 2 aliphatic rings. The fourth-order valence-corrected chi connectivity index (χ4v) is 4.12. The maximum Gasteiger partial charge on any atom is 0.306 e. The van der Waals surface area contributed by atoms with E-state index in [-0.39, 0.29) is 5.92 Å². The standard InChI is InChI=1S/C21H32N2O2/c24-21(25)19-9-11-20(12-10-19)22-15-17-5-7-18(8-6-17)16-23-13-3-1-2-4-14-23/h5-8,19-20,22H,1-4,9-16H2,(H,24,25). The highest BCUT2D eigenvalue weighted by atomic mass is 16.4. The van der Waals surface area contributed by atoms with Crippen molar-refractivity contribution in [1.29, 1.82) is 0 Å². The molecular formula is C21H32N2O2. The average Bonchev–Trinajstić information content (AvgIpc) is 2.90. The highest BCUT2D eigenvalue weighted by Gasteiger charge is 2.25. The highest BCUT2D eigenvalue weighted by molar-refractivity contribution is 5.70. The van der Waals surface area contributed by atoms with Crippen LogP contribution in [0.5, 0.6) is 0 Å². The third-order valence-electron chi connectivity index (χ3n) is 5.80. The van der Waals surface area contributed by atoms with Gasteiger partial charge in [0.15, 0.2) is 0 Å². The van der Waals surface area contributed by atoms with Crippen LogP contribution in [0.25, 0.3) is 0 Å². The molecule has 0 unspecified atom stereocenters. The molecule has 1 heterocycles. The Balaban J connectivity index is 1.41. The molecule has 0 amide bonds. The first-order valence-electron chi connectivity index (χ1n) is 9.97. The van der Waals surface area contributed by atoms with Gasteiger partial charge in [-0.3, -0.25) is 9.69 Å². The smallest absolute Gasteiger partial charge is 0.306 e. The van der Waals surface area contributed by atoms with E-state index in [0.717, 1.165) is 38.8 Å². The van der Waals surface area contributed by atoms with Crippen molar-refractivity contribution in [2.45, 2.75) is 70.5 Å². The van der Waals surface area contributed by atoms with Crippen LogP contribution >= 0.6 is 0 Å². The maximum atomic E-state index is 11.0. The molecule has 2 N–H and O–H groups in total. The van der Waals surface area contributed by atoms with Gasteiger partial charge in [-0.05, 0) is 62.7 Å². The quantitative estimate of drug-likeness (QED) is 0.824. The van der Waals surface area contributed by atoms with Gasteiger partial charge >= 0.3 is 5.97 Å². The minimum Gasteiger partial charge on any atom is -0.481 e. The fourth-order valence-electron chi connectivity index (χ4n) is 4.12. The first-order chi connectivity index (χ1) is 12.2. The third kappa shape index (κ3) is 5.82. The second-order valence-electron chi connectivity index (χ2n) is 7.77. The molecule has 0 atom stereocenters. The van der Waals surface area contributed by atoms with Gasteiger partial charge in [-0.15, -0.1) is 0 Å². The van der Waals surface area contributed by atoms with Crippen molar-refractivity contribution in [1.82, 2.24) is 10.2 Å². The molecule has 0 bridgehead atoms. The van der Waals surface area contributed by atoms with Crippen LogP contribution in [-0.4, -0.2) is 35.1 Å². The van der Waals surface area contributed by atoms with E-state index in [1.165, 1.54) is 49.9 Å². The van der Waals surface area contributed by atoms with Crippen molar-refractivity contribution in [2.24, 2.45) is 5.92 Å². The average molecular weight is 344 g/mol. The SMILES string of the molecule is O=C(O)C1CCC(NCc2ccc(CN3CCCCCC3)cc2)CC1. The van der Waals surface area contributed by atoms with Crippen molar-refractivity contribution in [3.8, 4) is 0 Å². The van der Waals surface area contributed by atoms with E-state index in [1.807, 2.05) is 0 Å². The number of nitrogens with zero attached hydrogens (tertiary/aromatic N) is 1. The number of nitrogens with one attached hydrogen (secondary N) is 1. The van der Waals surface area contributed by atoms with Gasteiger partial charge in [0, 0.05) is 19.1 Å². The monoisotopic (exact) mass is 344 g/mol. The lowest BCUT2D eigenvalue weighted by atomic mass is 9.86.